The summed E-state index contributed by atoms with van der Waals surface area (Å²) in [5.41, 5.74) is 3.56. The van der Waals surface area contributed by atoms with Crippen LogP contribution in [0.5, 0.6) is 0 Å². The van der Waals surface area contributed by atoms with Crippen LogP contribution in [-0.4, -0.2) is 46.9 Å². The molecule has 1 aliphatic heterocycles. The van der Waals surface area contributed by atoms with Gasteiger partial charge in [0.2, 0.25) is 5.91 Å². The molecule has 1 aromatic heterocycles. The number of carbonyl (C=O) groups is 1. The highest BCUT2D eigenvalue weighted by Gasteiger charge is 2.28. The van der Waals surface area contributed by atoms with Gasteiger partial charge in [-0.25, -0.2) is 4.98 Å². The summed E-state index contributed by atoms with van der Waals surface area (Å²) < 4.78 is 5.86. The van der Waals surface area contributed by atoms with E-state index in [-0.39, 0.29) is 11.9 Å². The van der Waals surface area contributed by atoms with E-state index in [1.54, 1.807) is 6.20 Å². The van der Waals surface area contributed by atoms with Gasteiger partial charge in [-0.15, -0.1) is 0 Å². The van der Waals surface area contributed by atoms with Gasteiger partial charge in [-0.3, -0.25) is 9.69 Å². The number of oxazole rings is 1. The minimum atomic E-state index is 0.162. The minimum Gasteiger partial charge on any atom is -0.441 e. The number of aryl methyl sites for hydroxylation is 1. The van der Waals surface area contributed by atoms with E-state index in [0.29, 0.717) is 18.7 Å². The lowest BCUT2D eigenvalue weighted by molar-refractivity contribution is -0.133. The van der Waals surface area contributed by atoms with Gasteiger partial charge in [-0.05, 0) is 11.1 Å². The zero-order valence-electron chi connectivity index (χ0n) is 19.2. The number of benzene rings is 3. The van der Waals surface area contributed by atoms with E-state index in [1.807, 2.05) is 35.2 Å². The number of rotatable bonds is 7. The molecule has 4 aromatic rings. The van der Waals surface area contributed by atoms with E-state index >= 15 is 0 Å². The molecule has 1 saturated heterocycles. The Labute approximate surface area is 200 Å². The molecule has 0 atom stereocenters. The lowest BCUT2D eigenvalue weighted by Gasteiger charge is -2.39. The van der Waals surface area contributed by atoms with Crippen LogP contribution >= 0.6 is 0 Å². The second-order valence-corrected chi connectivity index (χ2v) is 8.62. The van der Waals surface area contributed by atoms with E-state index in [2.05, 4.69) is 70.5 Å². The third-order valence-electron chi connectivity index (χ3n) is 6.43. The Morgan fingerprint density at radius 3 is 1.94 bits per heavy atom. The second kappa shape index (κ2) is 10.5. The quantitative estimate of drug-likeness (QED) is 0.387. The first-order valence-corrected chi connectivity index (χ1v) is 11.9. The molecular weight excluding hydrogens is 422 g/mol. The van der Waals surface area contributed by atoms with E-state index in [0.717, 1.165) is 37.5 Å². The van der Waals surface area contributed by atoms with Crippen molar-refractivity contribution in [3.05, 3.63) is 114 Å². The molecule has 0 aliphatic carbocycles. The first-order chi connectivity index (χ1) is 16.8. The predicted octanol–water partition coefficient (Wildman–Crippen LogP) is 5.21. The van der Waals surface area contributed by atoms with E-state index in [4.69, 9.17) is 4.42 Å². The molecular formula is C29H29N3O2. The van der Waals surface area contributed by atoms with Crippen molar-refractivity contribution in [2.75, 3.05) is 26.2 Å². The van der Waals surface area contributed by atoms with Gasteiger partial charge in [0, 0.05) is 44.6 Å². The van der Waals surface area contributed by atoms with E-state index in [9.17, 15) is 4.79 Å². The molecule has 5 heteroatoms. The van der Waals surface area contributed by atoms with Gasteiger partial charge in [0.05, 0.1) is 12.2 Å². The van der Waals surface area contributed by atoms with Crippen molar-refractivity contribution in [2.45, 2.75) is 18.9 Å². The van der Waals surface area contributed by atoms with Crippen molar-refractivity contribution in [2.24, 2.45) is 0 Å². The summed E-state index contributed by atoms with van der Waals surface area (Å²) in [6.07, 6.45) is 2.67. The number of nitrogens with zero attached hydrogens (tertiary/aromatic N) is 3. The molecule has 0 unspecified atom stereocenters. The Bertz CT molecular complexity index is 1140. The maximum Gasteiger partial charge on any atom is 0.223 e. The molecule has 172 valence electrons. The molecule has 2 heterocycles. The monoisotopic (exact) mass is 451 g/mol. The molecule has 0 radical (unpaired) electrons. The Morgan fingerprint density at radius 2 is 1.35 bits per heavy atom. The Balaban J connectivity index is 1.18. The van der Waals surface area contributed by atoms with Crippen LogP contribution in [0.25, 0.3) is 11.3 Å². The van der Waals surface area contributed by atoms with Gasteiger partial charge < -0.3 is 9.32 Å². The van der Waals surface area contributed by atoms with Gasteiger partial charge in [0.25, 0.3) is 0 Å². The Hall–Kier alpha value is -3.70. The number of hydrogen-bond donors (Lipinski definition) is 0. The smallest absolute Gasteiger partial charge is 0.223 e. The van der Waals surface area contributed by atoms with Crippen molar-refractivity contribution in [3.8, 4) is 11.3 Å². The SMILES string of the molecule is O=C(CCc1ncc(-c2ccccc2)o1)N1CCN(C(c2ccccc2)c2ccccc2)CC1. The van der Waals surface area contributed by atoms with Gasteiger partial charge in [-0.1, -0.05) is 91.0 Å². The number of amides is 1. The lowest BCUT2D eigenvalue weighted by atomic mass is 9.96. The normalized spacial score (nSPS) is 14.4. The first-order valence-electron chi connectivity index (χ1n) is 11.9. The molecule has 1 aliphatic rings. The van der Waals surface area contributed by atoms with Crippen LogP contribution in [0, 0.1) is 0 Å². The number of carbonyl (C=O) groups excluding carboxylic acids is 1. The van der Waals surface area contributed by atoms with Gasteiger partial charge in [0.1, 0.15) is 0 Å². The zero-order chi connectivity index (χ0) is 23.2. The number of hydrogen-bond acceptors (Lipinski definition) is 4. The summed E-state index contributed by atoms with van der Waals surface area (Å²) >= 11 is 0. The van der Waals surface area contributed by atoms with Crippen molar-refractivity contribution in [1.29, 1.82) is 0 Å². The third-order valence-corrected chi connectivity index (χ3v) is 6.43. The molecule has 1 amide bonds. The van der Waals surface area contributed by atoms with Gasteiger partial charge in [0.15, 0.2) is 11.7 Å². The summed E-state index contributed by atoms with van der Waals surface area (Å²) in [4.78, 5) is 21.7. The summed E-state index contributed by atoms with van der Waals surface area (Å²) in [5.74, 6) is 1.51. The molecule has 0 N–H and O–H groups in total. The average Bonchev–Trinajstić information content (AvgIpc) is 3.39. The molecule has 1 fully saturated rings. The van der Waals surface area contributed by atoms with Crippen molar-refractivity contribution in [1.82, 2.24) is 14.8 Å². The zero-order valence-corrected chi connectivity index (χ0v) is 19.2. The lowest BCUT2D eigenvalue weighted by Crippen LogP contribution is -2.49. The molecule has 0 bridgehead atoms. The van der Waals surface area contributed by atoms with Gasteiger partial charge >= 0.3 is 0 Å². The Morgan fingerprint density at radius 1 is 0.794 bits per heavy atom. The van der Waals surface area contributed by atoms with Crippen LogP contribution in [0.4, 0.5) is 0 Å². The van der Waals surface area contributed by atoms with Gasteiger partial charge in [-0.2, -0.15) is 0 Å². The van der Waals surface area contributed by atoms with Crippen LogP contribution in [0.1, 0.15) is 29.5 Å². The second-order valence-electron chi connectivity index (χ2n) is 8.62. The third kappa shape index (κ3) is 5.10. The molecule has 0 spiro atoms. The van der Waals surface area contributed by atoms with Crippen molar-refractivity contribution >= 4 is 5.91 Å². The van der Waals surface area contributed by atoms with Crippen LogP contribution in [0.2, 0.25) is 0 Å². The van der Waals surface area contributed by atoms with Crippen molar-refractivity contribution in [3.63, 3.8) is 0 Å². The fraction of sp³-hybridized carbons (Fsp3) is 0.241. The van der Waals surface area contributed by atoms with E-state index in [1.165, 1.54) is 11.1 Å². The maximum atomic E-state index is 12.9. The predicted molar refractivity (Wildman–Crippen MR) is 133 cm³/mol. The first kappa shape index (κ1) is 22.1. The van der Waals surface area contributed by atoms with E-state index < -0.39 is 0 Å². The molecule has 34 heavy (non-hydrogen) atoms. The van der Waals surface area contributed by atoms with Crippen LogP contribution in [0.15, 0.2) is 102 Å². The highest BCUT2D eigenvalue weighted by Crippen LogP contribution is 2.29. The summed E-state index contributed by atoms with van der Waals surface area (Å²) in [7, 11) is 0. The van der Waals surface area contributed by atoms with Crippen molar-refractivity contribution < 1.29 is 9.21 Å². The molecule has 0 saturated carbocycles. The molecule has 5 nitrogen and oxygen atoms in total. The highest BCUT2D eigenvalue weighted by molar-refractivity contribution is 5.76. The standard InChI is InChI=1S/C29H29N3O2/c33-28(17-16-27-30-22-26(34-27)23-10-4-1-5-11-23)31-18-20-32(21-19-31)29(24-12-6-2-7-13-24)25-14-8-3-9-15-25/h1-15,22,29H,16-21H2. The summed E-state index contributed by atoms with van der Waals surface area (Å²) in [6, 6.07) is 31.3. The fourth-order valence-corrected chi connectivity index (χ4v) is 4.65. The largest absolute Gasteiger partial charge is 0.441 e. The topological polar surface area (TPSA) is 49.6 Å². The van der Waals surface area contributed by atoms with Crippen LogP contribution in [0.3, 0.4) is 0 Å². The average molecular weight is 452 g/mol. The summed E-state index contributed by atoms with van der Waals surface area (Å²) in [6.45, 7) is 3.15. The van der Waals surface area contributed by atoms with Crippen LogP contribution < -0.4 is 0 Å². The molecule has 3 aromatic carbocycles. The van der Waals surface area contributed by atoms with Crippen LogP contribution in [-0.2, 0) is 11.2 Å². The maximum absolute atomic E-state index is 12.9. The number of aromatic nitrogens is 1. The highest BCUT2D eigenvalue weighted by atomic mass is 16.4. The summed E-state index contributed by atoms with van der Waals surface area (Å²) in [5, 5.41) is 0. The minimum absolute atomic E-state index is 0.162. The molecule has 5 rings (SSSR count). The number of piperazine rings is 1. The fourth-order valence-electron chi connectivity index (χ4n) is 4.65. The Kier molecular flexibility index (Phi) is 6.82.